The number of hydrogen-bond donors (Lipinski definition) is 2. The van der Waals surface area contributed by atoms with E-state index in [0.717, 1.165) is 75.1 Å². The first-order chi connectivity index (χ1) is 14.6. The van der Waals surface area contributed by atoms with E-state index in [1.807, 2.05) is 13.8 Å². The van der Waals surface area contributed by atoms with Crippen molar-refractivity contribution in [2.75, 3.05) is 33.3 Å². The van der Waals surface area contributed by atoms with Gasteiger partial charge in [-0.2, -0.15) is 0 Å². The van der Waals surface area contributed by atoms with E-state index in [1.165, 1.54) is 5.56 Å². The summed E-state index contributed by atoms with van der Waals surface area (Å²) in [4.78, 5) is 6.81. The van der Waals surface area contributed by atoms with E-state index in [9.17, 15) is 0 Å². The fourth-order valence-electron chi connectivity index (χ4n) is 3.86. The first-order valence-electron chi connectivity index (χ1n) is 11.0. The number of ether oxygens (including phenoxy) is 1. The number of likely N-dealkylation sites (tertiary alicyclic amines) is 1. The molecule has 1 aliphatic heterocycles. The van der Waals surface area contributed by atoms with Gasteiger partial charge in [-0.05, 0) is 44.7 Å². The molecule has 3 rings (SSSR count). The topological polar surface area (TPSA) is 62.0 Å². The Morgan fingerprint density at radius 3 is 2.55 bits per heavy atom. The summed E-state index contributed by atoms with van der Waals surface area (Å²) in [6, 6.07) is 12.8. The molecule has 0 spiro atoms. The Balaban J connectivity index is 0.00000341. The molecule has 0 unspecified atom stereocenters. The minimum atomic E-state index is 0. The zero-order chi connectivity index (χ0) is 21.2. The number of rotatable bonds is 9. The highest BCUT2D eigenvalue weighted by molar-refractivity contribution is 14.0. The van der Waals surface area contributed by atoms with Crippen LogP contribution < -0.4 is 10.6 Å². The van der Waals surface area contributed by atoms with Crippen LogP contribution in [0.15, 0.2) is 45.8 Å². The molecule has 1 saturated heterocycles. The molecule has 0 amide bonds. The van der Waals surface area contributed by atoms with Crippen molar-refractivity contribution >= 4 is 29.9 Å². The molecular weight excluding hydrogens is 503 g/mol. The zero-order valence-corrected chi connectivity index (χ0v) is 21.4. The number of nitrogens with one attached hydrogen (secondary N) is 2. The molecule has 2 aromatic rings. The largest absolute Gasteiger partial charge is 0.466 e. The summed E-state index contributed by atoms with van der Waals surface area (Å²) < 4.78 is 11.7. The fraction of sp³-hybridized carbons (Fsp3) is 0.542. The molecule has 1 aliphatic rings. The predicted molar refractivity (Wildman–Crippen MR) is 137 cm³/mol. The van der Waals surface area contributed by atoms with Crippen molar-refractivity contribution in [3.05, 3.63) is 59.0 Å². The lowest BCUT2D eigenvalue weighted by molar-refractivity contribution is 0.00534. The van der Waals surface area contributed by atoms with Crippen LogP contribution in [-0.4, -0.2) is 50.3 Å². The van der Waals surface area contributed by atoms with Gasteiger partial charge in [0, 0.05) is 51.9 Å². The van der Waals surface area contributed by atoms with Crippen molar-refractivity contribution in [1.82, 2.24) is 15.5 Å². The molecule has 1 aromatic heterocycles. The van der Waals surface area contributed by atoms with E-state index in [2.05, 4.69) is 56.9 Å². The van der Waals surface area contributed by atoms with Crippen LogP contribution >= 0.6 is 24.0 Å². The van der Waals surface area contributed by atoms with Crippen LogP contribution in [0, 0.1) is 13.8 Å². The minimum Gasteiger partial charge on any atom is -0.466 e. The van der Waals surface area contributed by atoms with Gasteiger partial charge in [0.1, 0.15) is 11.5 Å². The number of benzene rings is 1. The summed E-state index contributed by atoms with van der Waals surface area (Å²) in [6.07, 6.45) is 3.59. The molecule has 0 saturated carbocycles. The second kappa shape index (κ2) is 13.8. The van der Waals surface area contributed by atoms with Gasteiger partial charge in [0.2, 0.25) is 0 Å². The summed E-state index contributed by atoms with van der Waals surface area (Å²) in [5.41, 5.74) is 2.56. The molecule has 0 aliphatic carbocycles. The highest BCUT2D eigenvalue weighted by Crippen LogP contribution is 2.16. The maximum Gasteiger partial charge on any atom is 0.191 e. The maximum atomic E-state index is 6.11. The van der Waals surface area contributed by atoms with Crippen molar-refractivity contribution in [1.29, 1.82) is 0 Å². The molecule has 1 aromatic carbocycles. The van der Waals surface area contributed by atoms with Crippen LogP contribution in [0.1, 0.15) is 41.9 Å². The van der Waals surface area contributed by atoms with Gasteiger partial charge >= 0.3 is 0 Å². The number of aliphatic imine (C=N–C) groups is 1. The predicted octanol–water partition coefficient (Wildman–Crippen LogP) is 4.25. The normalized spacial score (nSPS) is 15.5. The van der Waals surface area contributed by atoms with Gasteiger partial charge in [-0.1, -0.05) is 30.3 Å². The van der Waals surface area contributed by atoms with Gasteiger partial charge < -0.3 is 19.8 Å². The Kier molecular flexibility index (Phi) is 11.4. The lowest BCUT2D eigenvalue weighted by atomic mass is 10.1. The first kappa shape index (κ1) is 25.7. The quantitative estimate of drug-likeness (QED) is 0.216. The molecule has 172 valence electrons. The van der Waals surface area contributed by atoms with E-state index in [0.29, 0.717) is 12.6 Å². The molecule has 0 bridgehead atoms. The van der Waals surface area contributed by atoms with Gasteiger partial charge in [-0.25, -0.2) is 0 Å². The average Bonchev–Trinajstić information content (AvgIpc) is 3.09. The zero-order valence-electron chi connectivity index (χ0n) is 19.0. The van der Waals surface area contributed by atoms with Crippen LogP contribution in [0.3, 0.4) is 0 Å². The number of halogens is 1. The van der Waals surface area contributed by atoms with Crippen molar-refractivity contribution in [3.63, 3.8) is 0 Å². The number of furan rings is 1. The van der Waals surface area contributed by atoms with E-state index >= 15 is 0 Å². The standard InChI is InChI=1S/C24H36N4O2.HI/c1-19-16-22(20(2)30-19)17-27-24(25-3)26-12-7-15-29-23-10-13-28(14-11-23)18-21-8-5-4-6-9-21;/h4-6,8-9,16,23H,7,10-15,17-18H2,1-3H3,(H2,25,26,27);1H. The summed E-state index contributed by atoms with van der Waals surface area (Å²) >= 11 is 0. The van der Waals surface area contributed by atoms with Gasteiger partial charge in [0.05, 0.1) is 6.10 Å². The first-order valence-corrected chi connectivity index (χ1v) is 11.0. The van der Waals surface area contributed by atoms with Crippen molar-refractivity contribution in [2.24, 2.45) is 4.99 Å². The maximum absolute atomic E-state index is 6.11. The number of hydrogen-bond acceptors (Lipinski definition) is 4. The van der Waals surface area contributed by atoms with Crippen molar-refractivity contribution < 1.29 is 9.15 Å². The third kappa shape index (κ3) is 8.82. The number of aryl methyl sites for hydroxylation is 2. The average molecular weight is 540 g/mol. The molecule has 0 radical (unpaired) electrons. The highest BCUT2D eigenvalue weighted by atomic mass is 127. The van der Waals surface area contributed by atoms with Gasteiger partial charge in [-0.3, -0.25) is 9.89 Å². The van der Waals surface area contributed by atoms with Gasteiger partial charge in [0.25, 0.3) is 0 Å². The molecule has 31 heavy (non-hydrogen) atoms. The third-order valence-corrected chi connectivity index (χ3v) is 5.56. The van der Waals surface area contributed by atoms with Crippen molar-refractivity contribution in [2.45, 2.75) is 52.3 Å². The fourth-order valence-corrected chi connectivity index (χ4v) is 3.86. The van der Waals surface area contributed by atoms with Crippen LogP contribution in [0.25, 0.3) is 0 Å². The third-order valence-electron chi connectivity index (χ3n) is 5.56. The second-order valence-corrected chi connectivity index (χ2v) is 7.98. The Labute approximate surface area is 203 Å². The van der Waals surface area contributed by atoms with E-state index in [4.69, 9.17) is 9.15 Å². The Hall–Kier alpha value is -1.58. The highest BCUT2D eigenvalue weighted by Gasteiger charge is 2.19. The molecule has 1 fully saturated rings. The van der Waals surface area contributed by atoms with E-state index < -0.39 is 0 Å². The Morgan fingerprint density at radius 1 is 1.16 bits per heavy atom. The second-order valence-electron chi connectivity index (χ2n) is 7.98. The van der Waals surface area contributed by atoms with Gasteiger partial charge in [0.15, 0.2) is 5.96 Å². The summed E-state index contributed by atoms with van der Waals surface area (Å²) in [5.74, 6) is 2.71. The Bertz CT molecular complexity index is 786. The van der Waals surface area contributed by atoms with Crippen LogP contribution in [0.5, 0.6) is 0 Å². The Morgan fingerprint density at radius 2 is 1.90 bits per heavy atom. The van der Waals surface area contributed by atoms with Crippen LogP contribution in [0.4, 0.5) is 0 Å². The summed E-state index contributed by atoms with van der Waals surface area (Å²) in [5, 5.41) is 6.70. The SMILES string of the molecule is CN=C(NCCCOC1CCN(Cc2ccccc2)CC1)NCc1cc(C)oc1C.I. The smallest absolute Gasteiger partial charge is 0.191 e. The molecular formula is C24H37IN4O2. The van der Waals surface area contributed by atoms with Gasteiger partial charge in [-0.15, -0.1) is 24.0 Å². The summed E-state index contributed by atoms with van der Waals surface area (Å²) in [7, 11) is 1.79. The lowest BCUT2D eigenvalue weighted by Gasteiger charge is -2.32. The van der Waals surface area contributed by atoms with Crippen LogP contribution in [-0.2, 0) is 17.8 Å². The van der Waals surface area contributed by atoms with Crippen molar-refractivity contribution in [3.8, 4) is 0 Å². The molecule has 6 nitrogen and oxygen atoms in total. The van der Waals surface area contributed by atoms with E-state index in [-0.39, 0.29) is 24.0 Å². The monoisotopic (exact) mass is 540 g/mol. The number of piperidine rings is 1. The van der Waals surface area contributed by atoms with Crippen LogP contribution in [0.2, 0.25) is 0 Å². The molecule has 0 atom stereocenters. The molecule has 2 N–H and O–H groups in total. The van der Waals surface area contributed by atoms with E-state index in [1.54, 1.807) is 7.05 Å². The number of guanidine groups is 1. The molecule has 2 heterocycles. The lowest BCUT2D eigenvalue weighted by Crippen LogP contribution is -2.38. The summed E-state index contributed by atoms with van der Waals surface area (Å²) in [6.45, 7) is 9.56. The molecule has 7 heteroatoms. The minimum absolute atomic E-state index is 0. The number of nitrogens with zero attached hydrogens (tertiary/aromatic N) is 2.